The number of hydrogen-bond donors (Lipinski definition) is 1. The first kappa shape index (κ1) is 12.6. The molecule has 0 unspecified atom stereocenters. The summed E-state index contributed by atoms with van der Waals surface area (Å²) < 4.78 is 55.4. The van der Waals surface area contributed by atoms with Gasteiger partial charge in [0.25, 0.3) is 6.43 Å². The highest BCUT2D eigenvalue weighted by Crippen LogP contribution is 2.22. The fourth-order valence-electron chi connectivity index (χ4n) is 0.143. The van der Waals surface area contributed by atoms with E-state index in [4.69, 9.17) is 0 Å². The Hall–Kier alpha value is -0.0400. The first-order chi connectivity index (χ1) is 3.85. The van der Waals surface area contributed by atoms with Crippen molar-refractivity contribution in [1.29, 1.82) is 0 Å². The molecule has 10 heavy (non-hydrogen) atoms. The van der Waals surface area contributed by atoms with Crippen molar-refractivity contribution in [2.75, 3.05) is 0 Å². The minimum Gasteiger partial charge on any atom is -0.315 e. The summed E-state index contributed by atoms with van der Waals surface area (Å²) >= 11 is 0. The lowest BCUT2D eigenvalue weighted by Crippen LogP contribution is -2.43. The van der Waals surface area contributed by atoms with Gasteiger partial charge in [0, 0.05) is 0 Å². The molecular formula is C3H6F5NS. The predicted octanol–water partition coefficient (Wildman–Crippen LogP) is 1.25. The third-order valence-corrected chi connectivity index (χ3v) is 0.649. The average molecular weight is 183 g/mol. The summed E-state index contributed by atoms with van der Waals surface area (Å²) in [6.45, 7) is 0. The van der Waals surface area contributed by atoms with E-state index in [0.717, 1.165) is 0 Å². The molecule has 64 valence electrons. The summed E-state index contributed by atoms with van der Waals surface area (Å²) in [5, 5.41) is 0. The van der Waals surface area contributed by atoms with E-state index in [2.05, 4.69) is 5.73 Å². The second kappa shape index (κ2) is 3.97. The molecule has 0 radical (unpaired) electrons. The van der Waals surface area contributed by atoms with Crippen LogP contribution in [0.3, 0.4) is 0 Å². The quantitative estimate of drug-likeness (QED) is 0.608. The molecule has 2 N–H and O–H groups in total. The van der Waals surface area contributed by atoms with Gasteiger partial charge in [0.2, 0.25) is 0 Å². The van der Waals surface area contributed by atoms with Crippen LogP contribution in [0.25, 0.3) is 0 Å². The van der Waals surface area contributed by atoms with E-state index in [1.807, 2.05) is 0 Å². The molecule has 0 bridgehead atoms. The van der Waals surface area contributed by atoms with E-state index in [1.165, 1.54) is 0 Å². The van der Waals surface area contributed by atoms with Crippen molar-refractivity contribution in [3.05, 3.63) is 0 Å². The number of nitrogens with two attached hydrogens (primary N) is 1. The van der Waals surface area contributed by atoms with E-state index in [9.17, 15) is 22.0 Å². The van der Waals surface area contributed by atoms with Gasteiger partial charge in [-0.1, -0.05) is 0 Å². The fraction of sp³-hybridized carbons (Fsp3) is 1.00. The number of hydrogen-bond acceptors (Lipinski definition) is 1. The maximum absolute atomic E-state index is 11.1. The van der Waals surface area contributed by atoms with E-state index in [0.29, 0.717) is 0 Å². The molecule has 0 aromatic carbocycles. The predicted molar refractivity (Wildman–Crippen MR) is 30.4 cm³/mol. The van der Waals surface area contributed by atoms with Crippen LogP contribution in [-0.4, -0.2) is 18.6 Å². The van der Waals surface area contributed by atoms with Gasteiger partial charge in [-0.25, -0.2) is 8.78 Å². The molecule has 1 atom stereocenters. The third kappa shape index (κ3) is 3.89. The smallest absolute Gasteiger partial charge is 0.315 e. The van der Waals surface area contributed by atoms with Gasteiger partial charge in [0.05, 0.1) is 0 Å². The standard InChI is InChI=1S/C3H4F5N.H2S/c4-2(5)1(9)3(6,7)8;/h1-2H,9H2;1H2/t1-;/m0./s1. The van der Waals surface area contributed by atoms with Crippen molar-refractivity contribution in [2.24, 2.45) is 5.73 Å². The summed E-state index contributed by atoms with van der Waals surface area (Å²) in [5.41, 5.74) is 4.02. The van der Waals surface area contributed by atoms with Crippen LogP contribution in [0.2, 0.25) is 0 Å². The van der Waals surface area contributed by atoms with E-state index < -0.39 is 18.6 Å². The third-order valence-electron chi connectivity index (χ3n) is 0.649. The molecule has 0 fully saturated rings. The van der Waals surface area contributed by atoms with Gasteiger partial charge in [0.1, 0.15) is 0 Å². The second-order valence-electron chi connectivity index (χ2n) is 1.40. The van der Waals surface area contributed by atoms with Gasteiger partial charge in [0.15, 0.2) is 6.04 Å². The highest BCUT2D eigenvalue weighted by atomic mass is 32.1. The lowest BCUT2D eigenvalue weighted by Gasteiger charge is -2.13. The van der Waals surface area contributed by atoms with Crippen molar-refractivity contribution in [3.63, 3.8) is 0 Å². The van der Waals surface area contributed by atoms with Crippen LogP contribution in [0.5, 0.6) is 0 Å². The second-order valence-corrected chi connectivity index (χ2v) is 1.40. The van der Waals surface area contributed by atoms with Gasteiger partial charge in [-0.3, -0.25) is 0 Å². The van der Waals surface area contributed by atoms with Crippen molar-refractivity contribution >= 4 is 13.5 Å². The molecule has 0 aliphatic carbocycles. The zero-order valence-corrected chi connectivity index (χ0v) is 5.62. The van der Waals surface area contributed by atoms with Crippen LogP contribution in [0.15, 0.2) is 0 Å². The molecular weight excluding hydrogens is 177 g/mol. The Morgan fingerprint density at radius 2 is 1.40 bits per heavy atom. The normalized spacial score (nSPS) is 14.7. The molecule has 0 saturated heterocycles. The molecule has 0 aliphatic rings. The Morgan fingerprint density at radius 3 is 1.40 bits per heavy atom. The van der Waals surface area contributed by atoms with Crippen LogP contribution in [0, 0.1) is 0 Å². The minimum absolute atomic E-state index is 0. The topological polar surface area (TPSA) is 26.0 Å². The summed E-state index contributed by atoms with van der Waals surface area (Å²) in [4.78, 5) is 0. The summed E-state index contributed by atoms with van der Waals surface area (Å²) in [7, 11) is 0. The highest BCUT2D eigenvalue weighted by Gasteiger charge is 2.42. The molecule has 0 aromatic rings. The largest absolute Gasteiger partial charge is 0.409 e. The zero-order chi connectivity index (χ0) is 7.65. The monoisotopic (exact) mass is 183 g/mol. The van der Waals surface area contributed by atoms with Crippen molar-refractivity contribution in [2.45, 2.75) is 18.6 Å². The van der Waals surface area contributed by atoms with E-state index in [-0.39, 0.29) is 13.5 Å². The molecule has 0 heterocycles. The van der Waals surface area contributed by atoms with Crippen LogP contribution >= 0.6 is 13.5 Å². The van der Waals surface area contributed by atoms with E-state index in [1.54, 1.807) is 0 Å². The molecule has 0 aromatic heterocycles. The Morgan fingerprint density at radius 1 is 1.10 bits per heavy atom. The van der Waals surface area contributed by atoms with Crippen molar-refractivity contribution in [3.8, 4) is 0 Å². The number of rotatable bonds is 1. The maximum Gasteiger partial charge on any atom is 0.409 e. The number of alkyl halides is 5. The maximum atomic E-state index is 11.1. The molecule has 1 nitrogen and oxygen atoms in total. The summed E-state index contributed by atoms with van der Waals surface area (Å²) in [6.07, 6.45) is -8.53. The van der Waals surface area contributed by atoms with Crippen molar-refractivity contribution < 1.29 is 22.0 Å². The Labute approximate surface area is 60.8 Å². The molecule has 0 amide bonds. The van der Waals surface area contributed by atoms with Gasteiger partial charge in [-0.2, -0.15) is 26.7 Å². The SMILES string of the molecule is N[C@@H](C(F)F)C(F)(F)F.S. The number of halogens is 5. The lowest BCUT2D eigenvalue weighted by atomic mass is 10.3. The van der Waals surface area contributed by atoms with E-state index >= 15 is 0 Å². The minimum atomic E-state index is -4.99. The van der Waals surface area contributed by atoms with Crippen molar-refractivity contribution in [1.82, 2.24) is 0 Å². The van der Waals surface area contributed by atoms with Gasteiger partial charge in [-0.05, 0) is 0 Å². The van der Waals surface area contributed by atoms with Crippen LogP contribution in [0.1, 0.15) is 0 Å². The van der Waals surface area contributed by atoms with Crippen LogP contribution in [-0.2, 0) is 0 Å². The first-order valence-electron chi connectivity index (χ1n) is 1.96. The van der Waals surface area contributed by atoms with Gasteiger partial charge < -0.3 is 5.73 Å². The van der Waals surface area contributed by atoms with Crippen LogP contribution < -0.4 is 5.73 Å². The average Bonchev–Trinajstić information content (AvgIpc) is 1.62. The molecule has 0 rings (SSSR count). The van der Waals surface area contributed by atoms with Crippen LogP contribution in [0.4, 0.5) is 22.0 Å². The zero-order valence-electron chi connectivity index (χ0n) is 4.62. The molecule has 0 aliphatic heterocycles. The summed E-state index contributed by atoms with van der Waals surface area (Å²) in [5.74, 6) is 0. The van der Waals surface area contributed by atoms with Gasteiger partial charge in [-0.15, -0.1) is 0 Å². The molecule has 7 heteroatoms. The highest BCUT2D eigenvalue weighted by molar-refractivity contribution is 7.59. The Kier molecular flexibility index (Phi) is 5.01. The Bertz CT molecular complexity index is 91.4. The first-order valence-corrected chi connectivity index (χ1v) is 1.96. The summed E-state index contributed by atoms with van der Waals surface area (Å²) in [6, 6.07) is -3.02. The van der Waals surface area contributed by atoms with Gasteiger partial charge >= 0.3 is 6.18 Å². The molecule has 0 spiro atoms. The fourth-order valence-corrected chi connectivity index (χ4v) is 0.143. The lowest BCUT2D eigenvalue weighted by molar-refractivity contribution is -0.174. The Balaban J connectivity index is 0. The molecule has 0 saturated carbocycles.